The van der Waals surface area contributed by atoms with Gasteiger partial charge in [-0.05, 0) is 36.8 Å². The van der Waals surface area contributed by atoms with Crippen molar-refractivity contribution >= 4 is 5.91 Å². The van der Waals surface area contributed by atoms with E-state index in [9.17, 15) is 4.79 Å². The van der Waals surface area contributed by atoms with Gasteiger partial charge in [-0.1, -0.05) is 44.2 Å². The smallest absolute Gasteiger partial charge is 0.237 e. The highest BCUT2D eigenvalue weighted by atomic mass is 16.2. The fourth-order valence-corrected chi connectivity index (χ4v) is 2.97. The number of nitrogens with one attached hydrogen (secondary N) is 1. The molecule has 0 unspecified atom stereocenters. The lowest BCUT2D eigenvalue weighted by molar-refractivity contribution is -0.123. The van der Waals surface area contributed by atoms with Crippen molar-refractivity contribution < 1.29 is 4.79 Å². The van der Waals surface area contributed by atoms with Crippen molar-refractivity contribution in [3.05, 3.63) is 35.9 Å². The average molecular weight is 303 g/mol. The first-order valence-corrected chi connectivity index (χ1v) is 8.36. The number of nitrogens with zero attached hydrogens (tertiary/aromatic N) is 1. The van der Waals surface area contributed by atoms with Crippen molar-refractivity contribution in [1.29, 1.82) is 0 Å². The molecule has 1 saturated heterocycles. The van der Waals surface area contributed by atoms with Crippen LogP contribution in [-0.2, 0) is 11.3 Å². The zero-order valence-electron chi connectivity index (χ0n) is 13.8. The third-order valence-corrected chi connectivity index (χ3v) is 4.44. The molecule has 4 heteroatoms. The van der Waals surface area contributed by atoms with Crippen LogP contribution in [0.2, 0.25) is 0 Å². The Morgan fingerprint density at radius 1 is 1.36 bits per heavy atom. The Morgan fingerprint density at radius 2 is 2.09 bits per heavy atom. The van der Waals surface area contributed by atoms with Gasteiger partial charge in [0.1, 0.15) is 0 Å². The number of piperidine rings is 1. The molecule has 0 radical (unpaired) electrons. The minimum Gasteiger partial charge on any atom is -0.354 e. The molecule has 2 atom stereocenters. The number of carbonyl (C=O) groups is 1. The van der Waals surface area contributed by atoms with Crippen LogP contribution in [0.3, 0.4) is 0 Å². The molecule has 2 rings (SSSR count). The first-order chi connectivity index (χ1) is 10.6. The highest BCUT2D eigenvalue weighted by Gasteiger charge is 2.22. The van der Waals surface area contributed by atoms with Crippen LogP contribution in [0.5, 0.6) is 0 Å². The molecule has 1 heterocycles. The molecule has 0 aromatic heterocycles. The molecule has 1 aliphatic rings. The van der Waals surface area contributed by atoms with Crippen molar-refractivity contribution in [2.24, 2.45) is 17.6 Å². The van der Waals surface area contributed by atoms with Gasteiger partial charge in [-0.25, -0.2) is 0 Å². The van der Waals surface area contributed by atoms with Crippen molar-refractivity contribution in [1.82, 2.24) is 10.2 Å². The minimum atomic E-state index is -0.399. The van der Waals surface area contributed by atoms with Crippen LogP contribution in [0.25, 0.3) is 0 Å². The molecule has 1 amide bonds. The fraction of sp³-hybridized carbons (Fsp3) is 0.611. The monoisotopic (exact) mass is 303 g/mol. The maximum atomic E-state index is 11.9. The summed E-state index contributed by atoms with van der Waals surface area (Å²) in [6, 6.07) is 10.2. The summed E-state index contributed by atoms with van der Waals surface area (Å²) in [5.41, 5.74) is 7.24. The van der Waals surface area contributed by atoms with Gasteiger partial charge in [0.2, 0.25) is 5.91 Å². The van der Waals surface area contributed by atoms with Crippen LogP contribution >= 0.6 is 0 Å². The predicted molar refractivity (Wildman–Crippen MR) is 90.3 cm³/mol. The Bertz CT molecular complexity index is 461. The van der Waals surface area contributed by atoms with Crippen LogP contribution in [0.15, 0.2) is 30.3 Å². The summed E-state index contributed by atoms with van der Waals surface area (Å²) in [6.07, 6.45) is 2.38. The lowest BCUT2D eigenvalue weighted by Gasteiger charge is -2.33. The summed E-state index contributed by atoms with van der Waals surface area (Å²) in [6.45, 7) is 7.89. The van der Waals surface area contributed by atoms with E-state index >= 15 is 0 Å². The molecule has 0 spiro atoms. The number of amides is 1. The van der Waals surface area contributed by atoms with Gasteiger partial charge < -0.3 is 11.1 Å². The van der Waals surface area contributed by atoms with E-state index in [0.29, 0.717) is 5.92 Å². The number of rotatable bonds is 6. The third-order valence-electron chi connectivity index (χ3n) is 4.44. The third kappa shape index (κ3) is 5.11. The zero-order chi connectivity index (χ0) is 15.9. The summed E-state index contributed by atoms with van der Waals surface area (Å²) in [5.74, 6) is 0.692. The summed E-state index contributed by atoms with van der Waals surface area (Å²) in [4.78, 5) is 14.4. The lowest BCUT2D eigenvalue weighted by Crippen LogP contribution is -2.47. The number of hydrogen-bond acceptors (Lipinski definition) is 3. The molecule has 1 aliphatic heterocycles. The van der Waals surface area contributed by atoms with Gasteiger partial charge in [0.25, 0.3) is 0 Å². The Kier molecular flexibility index (Phi) is 6.40. The first kappa shape index (κ1) is 17.0. The maximum Gasteiger partial charge on any atom is 0.237 e. The number of benzene rings is 1. The maximum absolute atomic E-state index is 11.9. The molecule has 1 fully saturated rings. The number of nitrogens with two attached hydrogens (primary N) is 1. The van der Waals surface area contributed by atoms with Crippen molar-refractivity contribution in [2.75, 3.05) is 19.6 Å². The fourth-order valence-electron chi connectivity index (χ4n) is 2.97. The largest absolute Gasteiger partial charge is 0.354 e. The van der Waals surface area contributed by atoms with Crippen LogP contribution in [0.1, 0.15) is 32.3 Å². The van der Waals surface area contributed by atoms with Crippen LogP contribution in [-0.4, -0.2) is 36.5 Å². The number of hydrogen-bond donors (Lipinski definition) is 2. The van der Waals surface area contributed by atoms with Crippen LogP contribution in [0, 0.1) is 11.8 Å². The van der Waals surface area contributed by atoms with E-state index in [4.69, 9.17) is 5.73 Å². The Balaban J connectivity index is 1.77. The van der Waals surface area contributed by atoms with Gasteiger partial charge >= 0.3 is 0 Å². The highest BCUT2D eigenvalue weighted by Crippen LogP contribution is 2.18. The van der Waals surface area contributed by atoms with Gasteiger partial charge in [-0.3, -0.25) is 9.69 Å². The second kappa shape index (κ2) is 8.30. The molecule has 22 heavy (non-hydrogen) atoms. The Hall–Kier alpha value is -1.39. The molecule has 1 aromatic rings. The normalized spacial score (nSPS) is 20.8. The quantitative estimate of drug-likeness (QED) is 0.845. The van der Waals surface area contributed by atoms with Gasteiger partial charge in [0, 0.05) is 19.6 Å². The molecule has 1 aromatic carbocycles. The summed E-state index contributed by atoms with van der Waals surface area (Å²) in [7, 11) is 0. The van der Waals surface area contributed by atoms with Crippen LogP contribution in [0.4, 0.5) is 0 Å². The summed E-state index contributed by atoms with van der Waals surface area (Å²) < 4.78 is 0. The molecule has 122 valence electrons. The van der Waals surface area contributed by atoms with Crippen LogP contribution < -0.4 is 11.1 Å². The van der Waals surface area contributed by atoms with Crippen molar-refractivity contribution in [3.63, 3.8) is 0 Å². The molecular weight excluding hydrogens is 274 g/mol. The average Bonchev–Trinajstić information content (AvgIpc) is 2.53. The van der Waals surface area contributed by atoms with Crippen molar-refractivity contribution in [2.45, 2.75) is 39.3 Å². The second-order valence-corrected chi connectivity index (χ2v) is 6.74. The lowest BCUT2D eigenvalue weighted by atomic mass is 9.97. The number of likely N-dealkylation sites (tertiary alicyclic amines) is 1. The van der Waals surface area contributed by atoms with Gasteiger partial charge in [-0.2, -0.15) is 0 Å². The second-order valence-electron chi connectivity index (χ2n) is 6.74. The van der Waals surface area contributed by atoms with Gasteiger partial charge in [-0.15, -0.1) is 0 Å². The SMILES string of the molecule is CC(C)[C@H](N)C(=O)NC[C@H]1CCCN(Cc2ccccc2)C1. The topological polar surface area (TPSA) is 58.4 Å². The van der Waals surface area contributed by atoms with E-state index in [-0.39, 0.29) is 11.8 Å². The summed E-state index contributed by atoms with van der Waals surface area (Å²) >= 11 is 0. The Morgan fingerprint density at radius 3 is 2.77 bits per heavy atom. The van der Waals surface area contributed by atoms with E-state index < -0.39 is 6.04 Å². The van der Waals surface area contributed by atoms with Gasteiger partial charge in [0.15, 0.2) is 0 Å². The molecule has 0 bridgehead atoms. The minimum absolute atomic E-state index is 0.0183. The number of carbonyl (C=O) groups excluding carboxylic acids is 1. The highest BCUT2D eigenvalue weighted by molar-refractivity contribution is 5.81. The van der Waals surface area contributed by atoms with Gasteiger partial charge in [0.05, 0.1) is 6.04 Å². The van der Waals surface area contributed by atoms with E-state index in [2.05, 4.69) is 40.5 Å². The van der Waals surface area contributed by atoms with Crippen molar-refractivity contribution in [3.8, 4) is 0 Å². The predicted octanol–water partition coefficient (Wildman–Crippen LogP) is 2.00. The standard InChI is InChI=1S/C18H29N3O/c1-14(2)17(19)18(22)20-11-16-9-6-10-21(13-16)12-15-7-4-3-5-8-15/h3-5,7-8,14,16-17H,6,9-13,19H2,1-2H3,(H,20,22)/t16-,17+/m1/s1. The van der Waals surface area contributed by atoms with E-state index in [1.54, 1.807) is 0 Å². The van der Waals surface area contributed by atoms with E-state index in [1.807, 2.05) is 13.8 Å². The molecule has 4 nitrogen and oxygen atoms in total. The molecule has 3 N–H and O–H groups in total. The molecular formula is C18H29N3O. The first-order valence-electron chi connectivity index (χ1n) is 8.36. The zero-order valence-corrected chi connectivity index (χ0v) is 13.8. The van der Waals surface area contributed by atoms with E-state index in [1.165, 1.54) is 18.4 Å². The molecule has 0 saturated carbocycles. The molecule has 0 aliphatic carbocycles. The summed E-state index contributed by atoms with van der Waals surface area (Å²) in [5, 5.41) is 3.03. The van der Waals surface area contributed by atoms with E-state index in [0.717, 1.165) is 26.2 Å². The Labute approximate surface area is 134 Å².